The number of aromatic nitrogens is 2. The molecule has 0 amide bonds. The number of hydrogen-bond acceptors (Lipinski definition) is 2. The zero-order valence-corrected chi connectivity index (χ0v) is 8.49. The second-order valence-corrected chi connectivity index (χ2v) is 3.44. The van der Waals surface area contributed by atoms with Gasteiger partial charge in [0, 0.05) is 11.4 Å². The van der Waals surface area contributed by atoms with Crippen molar-refractivity contribution in [2.75, 3.05) is 5.73 Å². The molecule has 0 atom stereocenters. The second kappa shape index (κ2) is 3.35. The Labute approximate surface area is 87.1 Å². The molecule has 0 aliphatic rings. The van der Waals surface area contributed by atoms with E-state index in [1.54, 1.807) is 10.9 Å². The molecule has 2 rings (SSSR count). The second-order valence-electron chi connectivity index (χ2n) is 3.09. The summed E-state index contributed by atoms with van der Waals surface area (Å²) in [5.74, 6) is 0. The maximum atomic E-state index is 6.06. The van der Waals surface area contributed by atoms with Crippen LogP contribution in [0.3, 0.4) is 0 Å². The minimum absolute atomic E-state index is 0.621. The summed E-state index contributed by atoms with van der Waals surface area (Å²) in [5, 5.41) is 0.621. The number of rotatable bonds is 1. The van der Waals surface area contributed by atoms with Gasteiger partial charge in [0.1, 0.15) is 11.5 Å². The number of nitrogen functional groups attached to an aromatic ring is 1. The van der Waals surface area contributed by atoms with Gasteiger partial charge < -0.3 is 5.73 Å². The average Bonchev–Trinajstić information content (AvgIpc) is 2.48. The molecule has 0 bridgehead atoms. The highest BCUT2D eigenvalue weighted by atomic mass is 35.5. The highest BCUT2D eigenvalue weighted by Gasteiger charge is 2.05. The van der Waals surface area contributed by atoms with Gasteiger partial charge in [-0.25, -0.2) is 4.98 Å². The fourth-order valence-corrected chi connectivity index (χ4v) is 1.47. The third-order valence-corrected chi connectivity index (χ3v) is 2.48. The SMILES string of the molecule is Cc1ncn(-c2cccc(N)c2)c1Cl. The molecule has 2 N–H and O–H groups in total. The van der Waals surface area contributed by atoms with E-state index in [9.17, 15) is 0 Å². The van der Waals surface area contributed by atoms with Gasteiger partial charge in [-0.3, -0.25) is 4.57 Å². The van der Waals surface area contributed by atoms with Crippen LogP contribution in [-0.2, 0) is 0 Å². The Morgan fingerprint density at radius 1 is 1.43 bits per heavy atom. The zero-order chi connectivity index (χ0) is 10.1. The van der Waals surface area contributed by atoms with Crippen molar-refractivity contribution >= 4 is 17.3 Å². The first kappa shape index (κ1) is 9.09. The van der Waals surface area contributed by atoms with Crippen molar-refractivity contribution in [3.05, 3.63) is 41.4 Å². The van der Waals surface area contributed by atoms with Gasteiger partial charge in [-0.15, -0.1) is 0 Å². The molecule has 2 aromatic rings. The van der Waals surface area contributed by atoms with Crippen molar-refractivity contribution < 1.29 is 0 Å². The van der Waals surface area contributed by atoms with Crippen LogP contribution in [-0.4, -0.2) is 9.55 Å². The summed E-state index contributed by atoms with van der Waals surface area (Å²) in [7, 11) is 0. The Balaban J connectivity index is 2.55. The van der Waals surface area contributed by atoms with Gasteiger partial charge in [-0.05, 0) is 25.1 Å². The van der Waals surface area contributed by atoms with Gasteiger partial charge in [0.15, 0.2) is 0 Å². The molecule has 0 aliphatic carbocycles. The molecule has 0 aliphatic heterocycles. The lowest BCUT2D eigenvalue weighted by atomic mass is 10.3. The summed E-state index contributed by atoms with van der Waals surface area (Å²) >= 11 is 6.06. The number of benzene rings is 1. The lowest BCUT2D eigenvalue weighted by Gasteiger charge is -2.04. The number of hydrogen-bond donors (Lipinski definition) is 1. The maximum absolute atomic E-state index is 6.06. The highest BCUT2D eigenvalue weighted by molar-refractivity contribution is 6.30. The quantitative estimate of drug-likeness (QED) is 0.730. The molecular formula is C10H10ClN3. The summed E-state index contributed by atoms with van der Waals surface area (Å²) in [6, 6.07) is 7.51. The van der Waals surface area contributed by atoms with Crippen LogP contribution in [0.2, 0.25) is 5.15 Å². The number of halogens is 1. The molecule has 4 heteroatoms. The summed E-state index contributed by atoms with van der Waals surface area (Å²) in [6.07, 6.45) is 1.69. The molecule has 0 saturated carbocycles. The number of aryl methyl sites for hydroxylation is 1. The van der Waals surface area contributed by atoms with Crippen LogP contribution < -0.4 is 5.73 Å². The van der Waals surface area contributed by atoms with Crippen molar-refractivity contribution in [2.45, 2.75) is 6.92 Å². The van der Waals surface area contributed by atoms with Crippen LogP contribution in [0.15, 0.2) is 30.6 Å². The molecule has 0 spiro atoms. The van der Waals surface area contributed by atoms with Gasteiger partial charge in [-0.1, -0.05) is 17.7 Å². The lowest BCUT2D eigenvalue weighted by molar-refractivity contribution is 1.06. The van der Waals surface area contributed by atoms with Crippen molar-refractivity contribution in [3.8, 4) is 5.69 Å². The Bertz CT molecular complexity index is 462. The van der Waals surface area contributed by atoms with Crippen LogP contribution in [0, 0.1) is 6.92 Å². The van der Waals surface area contributed by atoms with E-state index < -0.39 is 0 Å². The number of nitrogens with zero attached hydrogens (tertiary/aromatic N) is 2. The van der Waals surface area contributed by atoms with Crippen LogP contribution in [0.5, 0.6) is 0 Å². The third kappa shape index (κ3) is 1.46. The largest absolute Gasteiger partial charge is 0.399 e. The Morgan fingerprint density at radius 2 is 2.21 bits per heavy atom. The first-order valence-corrected chi connectivity index (χ1v) is 4.61. The number of nitrogens with two attached hydrogens (primary N) is 1. The smallest absolute Gasteiger partial charge is 0.136 e. The first-order valence-electron chi connectivity index (χ1n) is 4.24. The van der Waals surface area contributed by atoms with Gasteiger partial charge in [0.05, 0.1) is 5.69 Å². The predicted octanol–water partition coefficient (Wildman–Crippen LogP) is 2.42. The summed E-state index contributed by atoms with van der Waals surface area (Å²) < 4.78 is 1.80. The first-order chi connectivity index (χ1) is 6.68. The highest BCUT2D eigenvalue weighted by Crippen LogP contribution is 2.20. The molecule has 1 heterocycles. The van der Waals surface area contributed by atoms with E-state index in [1.807, 2.05) is 31.2 Å². The molecule has 0 unspecified atom stereocenters. The minimum Gasteiger partial charge on any atom is -0.399 e. The van der Waals surface area contributed by atoms with Gasteiger partial charge in [-0.2, -0.15) is 0 Å². The molecule has 1 aromatic carbocycles. The average molecular weight is 208 g/mol. The van der Waals surface area contributed by atoms with E-state index in [1.165, 1.54) is 0 Å². The van der Waals surface area contributed by atoms with Gasteiger partial charge in [0.25, 0.3) is 0 Å². The van der Waals surface area contributed by atoms with Crippen LogP contribution >= 0.6 is 11.6 Å². The molecule has 1 aromatic heterocycles. The van der Waals surface area contributed by atoms with E-state index >= 15 is 0 Å². The third-order valence-electron chi connectivity index (χ3n) is 2.03. The fraction of sp³-hybridized carbons (Fsp3) is 0.100. The molecule has 14 heavy (non-hydrogen) atoms. The Morgan fingerprint density at radius 3 is 2.79 bits per heavy atom. The lowest BCUT2D eigenvalue weighted by Crippen LogP contribution is -1.93. The van der Waals surface area contributed by atoms with Crippen molar-refractivity contribution in [3.63, 3.8) is 0 Å². The fourth-order valence-electron chi connectivity index (χ4n) is 1.28. The molecule has 0 radical (unpaired) electrons. The van der Waals surface area contributed by atoms with Crippen molar-refractivity contribution in [1.82, 2.24) is 9.55 Å². The minimum atomic E-state index is 0.621. The summed E-state index contributed by atoms with van der Waals surface area (Å²) in [6.45, 7) is 1.87. The zero-order valence-electron chi connectivity index (χ0n) is 7.74. The number of imidazole rings is 1. The van der Waals surface area contributed by atoms with E-state index in [0.717, 1.165) is 11.4 Å². The van der Waals surface area contributed by atoms with Crippen LogP contribution in [0.4, 0.5) is 5.69 Å². The monoisotopic (exact) mass is 207 g/mol. The van der Waals surface area contributed by atoms with Crippen LogP contribution in [0.1, 0.15) is 5.69 Å². The molecule has 3 nitrogen and oxygen atoms in total. The number of anilines is 1. The molecular weight excluding hydrogens is 198 g/mol. The van der Waals surface area contributed by atoms with E-state index in [0.29, 0.717) is 10.8 Å². The maximum Gasteiger partial charge on any atom is 0.136 e. The van der Waals surface area contributed by atoms with E-state index in [4.69, 9.17) is 17.3 Å². The molecule has 0 fully saturated rings. The Kier molecular flexibility index (Phi) is 2.17. The van der Waals surface area contributed by atoms with E-state index in [2.05, 4.69) is 4.98 Å². The molecule has 72 valence electrons. The summed E-state index contributed by atoms with van der Waals surface area (Å²) in [4.78, 5) is 4.11. The van der Waals surface area contributed by atoms with Crippen molar-refractivity contribution in [2.24, 2.45) is 0 Å². The van der Waals surface area contributed by atoms with Gasteiger partial charge >= 0.3 is 0 Å². The van der Waals surface area contributed by atoms with E-state index in [-0.39, 0.29) is 0 Å². The summed E-state index contributed by atoms with van der Waals surface area (Å²) in [5.41, 5.74) is 8.13. The predicted molar refractivity (Wildman–Crippen MR) is 57.7 cm³/mol. The van der Waals surface area contributed by atoms with Crippen molar-refractivity contribution in [1.29, 1.82) is 0 Å². The standard InChI is InChI=1S/C10H10ClN3/c1-7-10(11)14(6-13-7)9-4-2-3-8(12)5-9/h2-6H,12H2,1H3. The normalized spacial score (nSPS) is 10.4. The van der Waals surface area contributed by atoms with Gasteiger partial charge in [0.2, 0.25) is 0 Å². The van der Waals surface area contributed by atoms with Crippen LogP contribution in [0.25, 0.3) is 5.69 Å². The topological polar surface area (TPSA) is 43.8 Å². The molecule has 0 saturated heterocycles. The Hall–Kier alpha value is -1.48.